The lowest BCUT2D eigenvalue weighted by Gasteiger charge is -2.08. The summed E-state index contributed by atoms with van der Waals surface area (Å²) in [5.41, 5.74) is 4.63. The molecule has 4 aromatic rings. The molecule has 5 nitrogen and oxygen atoms in total. The van der Waals surface area contributed by atoms with Crippen LogP contribution < -0.4 is 4.74 Å². The van der Waals surface area contributed by atoms with Gasteiger partial charge in [0.1, 0.15) is 5.75 Å². The molecule has 1 aromatic heterocycles. The summed E-state index contributed by atoms with van der Waals surface area (Å²) >= 11 is 0. The zero-order valence-corrected chi connectivity index (χ0v) is 15.9. The summed E-state index contributed by atoms with van der Waals surface area (Å²) in [6.07, 6.45) is 0. The van der Waals surface area contributed by atoms with Gasteiger partial charge in [-0.3, -0.25) is 4.68 Å². The zero-order valence-electron chi connectivity index (χ0n) is 15.9. The first-order chi connectivity index (χ1) is 14.2. The van der Waals surface area contributed by atoms with Crippen molar-refractivity contribution in [3.63, 3.8) is 0 Å². The molecule has 5 heteroatoms. The highest BCUT2D eigenvalue weighted by Gasteiger charge is 2.17. The number of carbonyl (C=O) groups is 1. The van der Waals surface area contributed by atoms with E-state index in [4.69, 9.17) is 9.84 Å². The summed E-state index contributed by atoms with van der Waals surface area (Å²) in [6.45, 7) is 0.603. The van der Waals surface area contributed by atoms with Crippen molar-refractivity contribution in [2.45, 2.75) is 6.54 Å². The van der Waals surface area contributed by atoms with Crippen LogP contribution in [0.4, 0.5) is 0 Å². The Morgan fingerprint density at radius 3 is 2.31 bits per heavy atom. The quantitative estimate of drug-likeness (QED) is 0.510. The average molecular weight is 384 g/mol. The van der Waals surface area contributed by atoms with Gasteiger partial charge in [-0.05, 0) is 35.4 Å². The SMILES string of the molecule is COc1ccc(C(=O)O)cc1-c1cc(-c2ccccc2)n(Cc2ccccc2)n1. The molecule has 0 amide bonds. The lowest BCUT2D eigenvalue weighted by Crippen LogP contribution is -2.04. The molecule has 144 valence electrons. The van der Waals surface area contributed by atoms with Crippen molar-refractivity contribution in [3.8, 4) is 28.3 Å². The molecule has 0 saturated carbocycles. The van der Waals surface area contributed by atoms with Crippen molar-refractivity contribution in [1.82, 2.24) is 9.78 Å². The van der Waals surface area contributed by atoms with Crippen LogP contribution in [-0.2, 0) is 6.54 Å². The molecule has 1 N–H and O–H groups in total. The number of ether oxygens (including phenoxy) is 1. The van der Waals surface area contributed by atoms with Crippen LogP contribution in [0, 0.1) is 0 Å². The third-order valence-corrected chi connectivity index (χ3v) is 4.75. The van der Waals surface area contributed by atoms with Crippen molar-refractivity contribution >= 4 is 5.97 Å². The van der Waals surface area contributed by atoms with E-state index in [9.17, 15) is 9.90 Å². The van der Waals surface area contributed by atoms with Crippen molar-refractivity contribution < 1.29 is 14.6 Å². The molecule has 0 bridgehead atoms. The maximum Gasteiger partial charge on any atom is 0.335 e. The Balaban J connectivity index is 1.85. The first kappa shape index (κ1) is 18.5. The number of benzene rings is 3. The van der Waals surface area contributed by atoms with Crippen LogP contribution >= 0.6 is 0 Å². The Kier molecular flexibility index (Phi) is 5.12. The van der Waals surface area contributed by atoms with E-state index in [2.05, 4.69) is 12.1 Å². The number of carboxylic acid groups (broad SMARTS) is 1. The number of hydrogen-bond acceptors (Lipinski definition) is 3. The average Bonchev–Trinajstić information content (AvgIpc) is 3.18. The molecular formula is C24H20N2O3. The van der Waals surface area contributed by atoms with E-state index >= 15 is 0 Å². The highest BCUT2D eigenvalue weighted by Crippen LogP contribution is 2.33. The van der Waals surface area contributed by atoms with Gasteiger partial charge in [-0.1, -0.05) is 60.7 Å². The molecule has 0 radical (unpaired) electrons. The van der Waals surface area contributed by atoms with Crippen molar-refractivity contribution in [2.24, 2.45) is 0 Å². The summed E-state index contributed by atoms with van der Waals surface area (Å²) in [6, 6.07) is 26.9. The van der Waals surface area contributed by atoms with Crippen LogP contribution in [0.2, 0.25) is 0 Å². The minimum Gasteiger partial charge on any atom is -0.496 e. The monoisotopic (exact) mass is 384 g/mol. The van der Waals surface area contributed by atoms with Crippen LogP contribution in [0.1, 0.15) is 15.9 Å². The van der Waals surface area contributed by atoms with Gasteiger partial charge in [0.05, 0.1) is 30.6 Å². The van der Waals surface area contributed by atoms with E-state index in [0.717, 1.165) is 16.8 Å². The Bertz CT molecular complexity index is 1140. The highest BCUT2D eigenvalue weighted by molar-refractivity contribution is 5.90. The Morgan fingerprint density at radius 2 is 1.66 bits per heavy atom. The Hall–Kier alpha value is -3.86. The molecule has 0 spiro atoms. The van der Waals surface area contributed by atoms with E-state index in [0.29, 0.717) is 23.6 Å². The second-order valence-electron chi connectivity index (χ2n) is 6.64. The first-order valence-corrected chi connectivity index (χ1v) is 9.24. The third kappa shape index (κ3) is 3.89. The van der Waals surface area contributed by atoms with Crippen molar-refractivity contribution in [3.05, 3.63) is 96.1 Å². The predicted molar refractivity (Wildman–Crippen MR) is 112 cm³/mol. The molecule has 0 aliphatic heterocycles. The van der Waals surface area contributed by atoms with E-state index in [1.165, 1.54) is 6.07 Å². The standard InChI is InChI=1S/C24H20N2O3/c1-29-23-13-12-19(24(27)28)14-20(23)21-15-22(18-10-6-3-7-11-18)26(25-21)16-17-8-4-2-5-9-17/h2-15H,16H2,1H3,(H,27,28). The smallest absolute Gasteiger partial charge is 0.335 e. The number of aromatic carboxylic acids is 1. The molecule has 0 aliphatic carbocycles. The van der Waals surface area contributed by atoms with Crippen LogP contribution in [0.5, 0.6) is 5.75 Å². The predicted octanol–water partition coefficient (Wildman–Crippen LogP) is 4.97. The van der Waals surface area contributed by atoms with Crippen molar-refractivity contribution in [2.75, 3.05) is 7.11 Å². The van der Waals surface area contributed by atoms with Crippen molar-refractivity contribution in [1.29, 1.82) is 0 Å². The van der Waals surface area contributed by atoms with Gasteiger partial charge < -0.3 is 9.84 Å². The van der Waals surface area contributed by atoms with Crippen LogP contribution in [0.25, 0.3) is 22.5 Å². The van der Waals surface area contributed by atoms with Crippen LogP contribution in [0.3, 0.4) is 0 Å². The van der Waals surface area contributed by atoms with Gasteiger partial charge in [-0.25, -0.2) is 4.79 Å². The number of rotatable bonds is 6. The number of hydrogen-bond donors (Lipinski definition) is 1. The molecule has 3 aromatic carbocycles. The maximum atomic E-state index is 11.5. The summed E-state index contributed by atoms with van der Waals surface area (Å²) in [4.78, 5) is 11.5. The van der Waals surface area contributed by atoms with Gasteiger partial charge in [0.15, 0.2) is 0 Å². The van der Waals surface area contributed by atoms with Gasteiger partial charge in [0, 0.05) is 5.56 Å². The molecule has 1 heterocycles. The van der Waals surface area contributed by atoms with E-state index < -0.39 is 5.97 Å². The molecule has 29 heavy (non-hydrogen) atoms. The molecule has 0 unspecified atom stereocenters. The molecule has 0 atom stereocenters. The normalized spacial score (nSPS) is 10.7. The zero-order chi connectivity index (χ0) is 20.2. The van der Waals surface area contributed by atoms with Gasteiger partial charge >= 0.3 is 5.97 Å². The Labute approximate surface area is 168 Å². The third-order valence-electron chi connectivity index (χ3n) is 4.75. The van der Waals surface area contributed by atoms with Gasteiger partial charge in [-0.15, -0.1) is 0 Å². The number of carboxylic acids is 1. The fraction of sp³-hybridized carbons (Fsp3) is 0.0833. The second kappa shape index (κ2) is 8.02. The topological polar surface area (TPSA) is 64.3 Å². The molecule has 0 fully saturated rings. The number of aromatic nitrogens is 2. The fourth-order valence-corrected chi connectivity index (χ4v) is 3.31. The highest BCUT2D eigenvalue weighted by atomic mass is 16.5. The van der Waals surface area contributed by atoms with E-state index in [1.807, 2.05) is 59.3 Å². The van der Waals surface area contributed by atoms with Gasteiger partial charge in [-0.2, -0.15) is 5.10 Å². The summed E-state index contributed by atoms with van der Waals surface area (Å²) in [5.74, 6) is -0.403. The second-order valence-corrected chi connectivity index (χ2v) is 6.64. The minimum atomic E-state index is -0.985. The van der Waals surface area contributed by atoms with E-state index in [-0.39, 0.29) is 5.56 Å². The summed E-state index contributed by atoms with van der Waals surface area (Å²) < 4.78 is 7.40. The maximum absolute atomic E-state index is 11.5. The van der Waals surface area contributed by atoms with Crippen LogP contribution in [0.15, 0.2) is 84.9 Å². The lowest BCUT2D eigenvalue weighted by molar-refractivity contribution is 0.0697. The lowest BCUT2D eigenvalue weighted by atomic mass is 10.1. The molecular weight excluding hydrogens is 364 g/mol. The number of methoxy groups -OCH3 is 1. The largest absolute Gasteiger partial charge is 0.496 e. The van der Waals surface area contributed by atoms with E-state index in [1.54, 1.807) is 19.2 Å². The van der Waals surface area contributed by atoms with Gasteiger partial charge in [0.2, 0.25) is 0 Å². The molecule has 0 aliphatic rings. The molecule has 4 rings (SSSR count). The molecule has 0 saturated heterocycles. The fourth-order valence-electron chi connectivity index (χ4n) is 3.31. The number of nitrogens with zero attached hydrogens (tertiary/aromatic N) is 2. The first-order valence-electron chi connectivity index (χ1n) is 9.24. The van der Waals surface area contributed by atoms with Gasteiger partial charge in [0.25, 0.3) is 0 Å². The van der Waals surface area contributed by atoms with Crippen LogP contribution in [-0.4, -0.2) is 28.0 Å². The summed E-state index contributed by atoms with van der Waals surface area (Å²) in [7, 11) is 1.57. The Morgan fingerprint density at radius 1 is 0.966 bits per heavy atom. The summed E-state index contributed by atoms with van der Waals surface area (Å²) in [5, 5.41) is 14.2. The minimum absolute atomic E-state index is 0.194.